The van der Waals surface area contributed by atoms with Gasteiger partial charge in [0.1, 0.15) is 0 Å². The van der Waals surface area contributed by atoms with E-state index in [9.17, 15) is 0 Å². The summed E-state index contributed by atoms with van der Waals surface area (Å²) in [5, 5.41) is 3.98. The zero-order valence-corrected chi connectivity index (χ0v) is 13.3. The van der Waals surface area contributed by atoms with Crippen LogP contribution in [0.5, 0.6) is 11.5 Å². The number of nitrogens with one attached hydrogen (secondary N) is 1. The van der Waals surface area contributed by atoms with Gasteiger partial charge in [-0.3, -0.25) is 0 Å². The molecule has 0 saturated heterocycles. The second kappa shape index (κ2) is 7.34. The summed E-state index contributed by atoms with van der Waals surface area (Å²) in [7, 11) is 3.19. The van der Waals surface area contributed by atoms with Crippen molar-refractivity contribution in [3.63, 3.8) is 0 Å². The number of hydrogen-bond donors (Lipinski definition) is 1. The van der Waals surface area contributed by atoms with E-state index in [1.165, 1.54) is 11.1 Å². The molecule has 3 nitrogen and oxygen atoms in total. The number of hydrogen-bond acceptors (Lipinski definition) is 3. The Bertz CT molecular complexity index is 614. The Balaban J connectivity index is 2.04. The van der Waals surface area contributed by atoms with Crippen LogP contribution in [0.15, 0.2) is 36.4 Å². The molecule has 2 aromatic carbocycles. The molecule has 2 aromatic rings. The van der Waals surface area contributed by atoms with Crippen molar-refractivity contribution in [1.82, 2.24) is 5.32 Å². The van der Waals surface area contributed by atoms with E-state index in [0.29, 0.717) is 23.1 Å². The molecular formula is C17H20ClNO2. The fourth-order valence-corrected chi connectivity index (χ4v) is 2.53. The minimum Gasteiger partial charge on any atom is -0.493 e. The monoisotopic (exact) mass is 305 g/mol. The SMILES string of the molecule is COc1cc(CNCc2ccccc2C)cc(Cl)c1OC. The lowest BCUT2D eigenvalue weighted by atomic mass is 10.1. The summed E-state index contributed by atoms with van der Waals surface area (Å²) >= 11 is 6.20. The van der Waals surface area contributed by atoms with Gasteiger partial charge in [-0.1, -0.05) is 35.9 Å². The first kappa shape index (κ1) is 15.7. The van der Waals surface area contributed by atoms with Gasteiger partial charge in [0.25, 0.3) is 0 Å². The first-order chi connectivity index (χ1) is 10.2. The van der Waals surface area contributed by atoms with Gasteiger partial charge in [-0.25, -0.2) is 0 Å². The summed E-state index contributed by atoms with van der Waals surface area (Å²) in [5.74, 6) is 1.22. The van der Waals surface area contributed by atoms with Crippen LogP contribution in [-0.4, -0.2) is 14.2 Å². The Morgan fingerprint density at radius 1 is 1.05 bits per heavy atom. The van der Waals surface area contributed by atoms with Gasteiger partial charge in [0.15, 0.2) is 11.5 Å². The average molecular weight is 306 g/mol. The molecule has 0 bridgehead atoms. The summed E-state index contributed by atoms with van der Waals surface area (Å²) in [6, 6.07) is 12.2. The second-order valence-corrected chi connectivity index (χ2v) is 5.25. The van der Waals surface area contributed by atoms with Gasteiger partial charge in [0, 0.05) is 13.1 Å². The van der Waals surface area contributed by atoms with Crippen molar-refractivity contribution in [3.8, 4) is 11.5 Å². The minimum atomic E-state index is 0.560. The zero-order valence-electron chi connectivity index (χ0n) is 12.6. The summed E-state index contributed by atoms with van der Waals surface area (Å²) in [6.07, 6.45) is 0. The Morgan fingerprint density at radius 2 is 1.81 bits per heavy atom. The topological polar surface area (TPSA) is 30.5 Å². The van der Waals surface area contributed by atoms with Gasteiger partial charge in [-0.2, -0.15) is 0 Å². The average Bonchev–Trinajstić information content (AvgIpc) is 2.48. The lowest BCUT2D eigenvalue weighted by Gasteiger charge is -2.13. The van der Waals surface area contributed by atoms with E-state index in [2.05, 4.69) is 30.4 Å². The fourth-order valence-electron chi connectivity index (χ4n) is 2.22. The third kappa shape index (κ3) is 3.90. The van der Waals surface area contributed by atoms with Crippen LogP contribution < -0.4 is 14.8 Å². The van der Waals surface area contributed by atoms with Gasteiger partial charge in [-0.05, 0) is 35.7 Å². The highest BCUT2D eigenvalue weighted by Gasteiger charge is 2.10. The van der Waals surface area contributed by atoms with E-state index < -0.39 is 0 Å². The van der Waals surface area contributed by atoms with E-state index in [0.717, 1.165) is 12.1 Å². The van der Waals surface area contributed by atoms with E-state index in [4.69, 9.17) is 21.1 Å². The molecule has 21 heavy (non-hydrogen) atoms. The summed E-state index contributed by atoms with van der Waals surface area (Å²) in [6.45, 7) is 3.65. The molecule has 0 radical (unpaired) electrons. The molecule has 0 saturated carbocycles. The number of halogens is 1. The standard InChI is InChI=1S/C17H20ClNO2/c1-12-6-4-5-7-14(12)11-19-10-13-8-15(18)17(21-3)16(9-13)20-2/h4-9,19H,10-11H2,1-3H3. The largest absolute Gasteiger partial charge is 0.493 e. The predicted molar refractivity (Wildman–Crippen MR) is 86.3 cm³/mol. The summed E-state index contributed by atoms with van der Waals surface area (Å²) in [5.41, 5.74) is 3.64. The zero-order chi connectivity index (χ0) is 15.2. The lowest BCUT2D eigenvalue weighted by molar-refractivity contribution is 0.354. The highest BCUT2D eigenvalue weighted by atomic mass is 35.5. The van der Waals surface area contributed by atoms with Gasteiger partial charge in [-0.15, -0.1) is 0 Å². The van der Waals surface area contributed by atoms with Gasteiger partial charge >= 0.3 is 0 Å². The molecule has 0 aliphatic carbocycles. The van der Waals surface area contributed by atoms with Crippen molar-refractivity contribution < 1.29 is 9.47 Å². The highest BCUT2D eigenvalue weighted by molar-refractivity contribution is 6.32. The molecule has 0 aliphatic rings. The summed E-state index contributed by atoms with van der Waals surface area (Å²) < 4.78 is 10.5. The smallest absolute Gasteiger partial charge is 0.179 e. The predicted octanol–water partition coefficient (Wildman–Crippen LogP) is 3.96. The maximum absolute atomic E-state index is 6.20. The van der Waals surface area contributed by atoms with Gasteiger partial charge in [0.05, 0.1) is 19.2 Å². The van der Waals surface area contributed by atoms with Crippen LogP contribution in [0.1, 0.15) is 16.7 Å². The van der Waals surface area contributed by atoms with Crippen molar-refractivity contribution in [1.29, 1.82) is 0 Å². The van der Waals surface area contributed by atoms with Crippen molar-refractivity contribution in [3.05, 3.63) is 58.1 Å². The molecule has 2 rings (SSSR count). The molecule has 0 unspecified atom stereocenters. The number of methoxy groups -OCH3 is 2. The Hall–Kier alpha value is -1.71. The maximum Gasteiger partial charge on any atom is 0.179 e. The molecule has 4 heteroatoms. The number of aryl methyl sites for hydroxylation is 1. The van der Waals surface area contributed by atoms with Gasteiger partial charge in [0.2, 0.25) is 0 Å². The Morgan fingerprint density at radius 3 is 2.48 bits per heavy atom. The number of ether oxygens (including phenoxy) is 2. The molecule has 0 spiro atoms. The van der Waals surface area contributed by atoms with Crippen LogP contribution >= 0.6 is 11.6 Å². The van der Waals surface area contributed by atoms with Gasteiger partial charge < -0.3 is 14.8 Å². The molecule has 0 atom stereocenters. The summed E-state index contributed by atoms with van der Waals surface area (Å²) in [4.78, 5) is 0. The fraction of sp³-hybridized carbons (Fsp3) is 0.294. The first-order valence-corrected chi connectivity index (χ1v) is 7.19. The molecule has 0 aromatic heterocycles. The normalized spacial score (nSPS) is 10.5. The Labute approximate surface area is 130 Å². The maximum atomic E-state index is 6.20. The van der Waals surface area contributed by atoms with E-state index >= 15 is 0 Å². The van der Waals surface area contributed by atoms with Crippen LogP contribution in [0.4, 0.5) is 0 Å². The van der Waals surface area contributed by atoms with E-state index in [1.54, 1.807) is 14.2 Å². The minimum absolute atomic E-state index is 0.560. The van der Waals surface area contributed by atoms with Crippen LogP contribution in [0, 0.1) is 6.92 Å². The first-order valence-electron chi connectivity index (χ1n) is 6.81. The van der Waals surface area contributed by atoms with Crippen LogP contribution in [0.2, 0.25) is 5.02 Å². The van der Waals surface area contributed by atoms with Crippen molar-refractivity contribution >= 4 is 11.6 Å². The number of benzene rings is 2. The molecular weight excluding hydrogens is 286 g/mol. The van der Waals surface area contributed by atoms with Crippen molar-refractivity contribution in [2.45, 2.75) is 20.0 Å². The number of rotatable bonds is 6. The molecule has 1 N–H and O–H groups in total. The third-order valence-electron chi connectivity index (χ3n) is 3.40. The van der Waals surface area contributed by atoms with Crippen molar-refractivity contribution in [2.75, 3.05) is 14.2 Å². The van der Waals surface area contributed by atoms with E-state index in [-0.39, 0.29) is 0 Å². The molecule has 112 valence electrons. The third-order valence-corrected chi connectivity index (χ3v) is 3.68. The quantitative estimate of drug-likeness (QED) is 0.876. The van der Waals surface area contributed by atoms with E-state index in [1.807, 2.05) is 18.2 Å². The molecule has 0 fully saturated rings. The van der Waals surface area contributed by atoms with Crippen LogP contribution in [0.25, 0.3) is 0 Å². The molecule has 0 aliphatic heterocycles. The van der Waals surface area contributed by atoms with Crippen LogP contribution in [-0.2, 0) is 13.1 Å². The van der Waals surface area contributed by atoms with Crippen LogP contribution in [0.3, 0.4) is 0 Å². The molecule has 0 amide bonds. The highest BCUT2D eigenvalue weighted by Crippen LogP contribution is 2.35. The lowest BCUT2D eigenvalue weighted by Crippen LogP contribution is -2.13. The van der Waals surface area contributed by atoms with Crippen molar-refractivity contribution in [2.24, 2.45) is 0 Å². The Kier molecular flexibility index (Phi) is 5.48. The molecule has 0 heterocycles. The second-order valence-electron chi connectivity index (χ2n) is 4.84.